The van der Waals surface area contributed by atoms with Gasteiger partial charge in [-0.05, 0) is 49.1 Å². The fraction of sp³-hybridized carbons (Fsp3) is 0.500. The van der Waals surface area contributed by atoms with Crippen molar-refractivity contribution < 1.29 is 19.1 Å². The van der Waals surface area contributed by atoms with Crippen LogP contribution in [0.5, 0.6) is 5.75 Å². The second-order valence-electron chi connectivity index (χ2n) is 4.62. The first-order valence-corrected chi connectivity index (χ1v) is 7.99. The molecule has 1 atom stereocenters. The van der Waals surface area contributed by atoms with Crippen molar-refractivity contribution in [3.63, 3.8) is 0 Å². The third-order valence-electron chi connectivity index (χ3n) is 2.88. The van der Waals surface area contributed by atoms with Gasteiger partial charge in [0.25, 0.3) is 0 Å². The molecule has 1 unspecified atom stereocenters. The van der Waals surface area contributed by atoms with Crippen LogP contribution in [-0.2, 0) is 9.53 Å². The van der Waals surface area contributed by atoms with Crippen molar-refractivity contribution in [2.45, 2.75) is 54.1 Å². The Morgan fingerprint density at radius 3 is 2.13 bits per heavy atom. The van der Waals surface area contributed by atoms with Gasteiger partial charge >= 0.3 is 12.1 Å². The van der Waals surface area contributed by atoms with E-state index < -0.39 is 12.2 Å². The number of carbonyl (C=O) groups is 2. The van der Waals surface area contributed by atoms with E-state index in [1.54, 1.807) is 0 Å². The van der Waals surface area contributed by atoms with Gasteiger partial charge in [0.1, 0.15) is 11.9 Å². The zero-order valence-corrected chi connectivity index (χ0v) is 15.4. The summed E-state index contributed by atoms with van der Waals surface area (Å²) < 4.78 is 10.5. The van der Waals surface area contributed by atoms with Gasteiger partial charge in [-0.2, -0.15) is 4.83 Å². The van der Waals surface area contributed by atoms with E-state index in [0.717, 1.165) is 16.7 Å². The normalized spacial score (nSPS) is 10.9. The lowest BCUT2D eigenvalue weighted by Crippen LogP contribution is -2.32. The smallest absolute Gasteiger partial charge is 0.422 e. The van der Waals surface area contributed by atoms with Crippen molar-refractivity contribution in [2.75, 3.05) is 0 Å². The molecule has 0 radical (unpaired) electrons. The maximum absolute atomic E-state index is 11.5. The van der Waals surface area contributed by atoms with E-state index in [4.69, 9.17) is 9.47 Å². The summed E-state index contributed by atoms with van der Waals surface area (Å²) in [5, 5.41) is 0. The lowest BCUT2D eigenvalue weighted by Gasteiger charge is -2.19. The van der Waals surface area contributed by atoms with Crippen molar-refractivity contribution in [3.05, 3.63) is 28.8 Å². The first-order valence-electron chi connectivity index (χ1n) is 7.54. The minimum absolute atomic E-state index is 0.364. The average Bonchev–Trinajstić information content (AvgIpc) is 2.50. The molecule has 1 aromatic rings. The van der Waals surface area contributed by atoms with Crippen LogP contribution in [0, 0.1) is 13.8 Å². The standard InChI is InChI=1S/C14H20N2O4S.C2H6/c1-5-12(20-14(18)15-16-21)11-6-8(2)13(9(3)7-11)19-10(4)17;1-2/h6-7,12,16,21H,5H2,1-4H3,(H,15,18);1-2H3. The summed E-state index contributed by atoms with van der Waals surface area (Å²) in [6.07, 6.45) is -0.391. The van der Waals surface area contributed by atoms with Crippen LogP contribution in [0.15, 0.2) is 12.1 Å². The topological polar surface area (TPSA) is 76.7 Å². The number of thiol groups is 1. The van der Waals surface area contributed by atoms with Crippen LogP contribution in [0.25, 0.3) is 0 Å². The number of benzene rings is 1. The lowest BCUT2D eigenvalue weighted by atomic mass is 10.0. The molecule has 0 aromatic heterocycles. The molecule has 0 heterocycles. The van der Waals surface area contributed by atoms with Gasteiger partial charge in [0.05, 0.1) is 0 Å². The second-order valence-corrected chi connectivity index (χ2v) is 4.84. The number of aryl methyl sites for hydroxylation is 2. The van der Waals surface area contributed by atoms with Crippen molar-refractivity contribution in [1.29, 1.82) is 0 Å². The number of rotatable bonds is 5. The largest absolute Gasteiger partial charge is 0.440 e. The van der Waals surface area contributed by atoms with Gasteiger partial charge in [-0.1, -0.05) is 33.6 Å². The molecule has 23 heavy (non-hydrogen) atoms. The molecule has 1 amide bonds. The molecular formula is C16H26N2O4S. The van der Waals surface area contributed by atoms with Gasteiger partial charge in [0, 0.05) is 6.92 Å². The van der Waals surface area contributed by atoms with Crippen LogP contribution in [-0.4, -0.2) is 12.1 Å². The number of esters is 1. The fourth-order valence-electron chi connectivity index (χ4n) is 2.07. The van der Waals surface area contributed by atoms with E-state index in [0.29, 0.717) is 12.2 Å². The van der Waals surface area contributed by atoms with Gasteiger partial charge in [-0.15, -0.1) is 0 Å². The first-order chi connectivity index (χ1) is 10.9. The summed E-state index contributed by atoms with van der Waals surface area (Å²) in [5.74, 6) is 0.180. The van der Waals surface area contributed by atoms with E-state index in [-0.39, 0.29) is 5.97 Å². The molecule has 1 rings (SSSR count). The Hall–Kier alpha value is -1.73. The van der Waals surface area contributed by atoms with Crippen molar-refractivity contribution in [3.8, 4) is 5.75 Å². The predicted octanol–water partition coefficient (Wildman–Crippen LogP) is 3.78. The first kappa shape index (κ1) is 21.3. The SMILES string of the molecule is CC.CCC(OC(=O)NNS)c1cc(C)c(OC(C)=O)c(C)c1. The van der Waals surface area contributed by atoms with Crippen LogP contribution in [0.3, 0.4) is 0 Å². The summed E-state index contributed by atoms with van der Waals surface area (Å²) in [7, 11) is 0. The fourth-order valence-corrected chi connectivity index (χ4v) is 2.16. The maximum atomic E-state index is 11.5. The molecule has 6 nitrogen and oxygen atoms in total. The maximum Gasteiger partial charge on any atom is 0.422 e. The number of nitrogens with one attached hydrogen (secondary N) is 2. The van der Waals surface area contributed by atoms with Crippen LogP contribution >= 0.6 is 12.8 Å². The molecule has 0 fully saturated rings. The van der Waals surface area contributed by atoms with E-state index >= 15 is 0 Å². The average molecular weight is 342 g/mol. The van der Waals surface area contributed by atoms with Gasteiger partial charge in [-0.3, -0.25) is 4.79 Å². The second kappa shape index (κ2) is 10.9. The summed E-state index contributed by atoms with van der Waals surface area (Å²) in [6, 6.07) is 3.70. The Balaban J connectivity index is 0.00000232. The molecule has 7 heteroatoms. The van der Waals surface area contributed by atoms with Crippen molar-refractivity contribution >= 4 is 24.9 Å². The summed E-state index contributed by atoms with van der Waals surface area (Å²) >= 11 is 3.67. The summed E-state index contributed by atoms with van der Waals surface area (Å²) in [4.78, 5) is 24.8. The molecule has 0 saturated heterocycles. The molecule has 1 aromatic carbocycles. The number of hydrogen-bond donors (Lipinski definition) is 3. The highest BCUT2D eigenvalue weighted by molar-refractivity contribution is 7.78. The quantitative estimate of drug-likeness (QED) is 0.328. The third kappa shape index (κ3) is 6.92. The molecule has 0 aliphatic carbocycles. The Labute approximate surface area is 143 Å². The minimum atomic E-state index is -0.615. The van der Waals surface area contributed by atoms with Gasteiger partial charge in [0.2, 0.25) is 0 Å². The molecule has 2 N–H and O–H groups in total. The molecule has 0 spiro atoms. The third-order valence-corrected chi connectivity index (χ3v) is 2.99. The predicted molar refractivity (Wildman–Crippen MR) is 93.3 cm³/mol. The highest BCUT2D eigenvalue weighted by Gasteiger charge is 2.18. The zero-order chi connectivity index (χ0) is 18.0. The summed E-state index contributed by atoms with van der Waals surface area (Å²) in [6.45, 7) is 11.0. The molecule has 0 saturated carbocycles. The Bertz CT molecular complexity index is 512. The van der Waals surface area contributed by atoms with Gasteiger partial charge < -0.3 is 9.47 Å². The van der Waals surface area contributed by atoms with Crippen LogP contribution in [0.1, 0.15) is 56.9 Å². The summed E-state index contributed by atoms with van der Waals surface area (Å²) in [5.41, 5.74) is 4.71. The van der Waals surface area contributed by atoms with Crippen molar-refractivity contribution in [1.82, 2.24) is 10.3 Å². The van der Waals surface area contributed by atoms with Gasteiger partial charge in [-0.25, -0.2) is 10.2 Å². The molecular weight excluding hydrogens is 316 g/mol. The lowest BCUT2D eigenvalue weighted by molar-refractivity contribution is -0.131. The van der Waals surface area contributed by atoms with E-state index in [1.165, 1.54) is 6.92 Å². The Kier molecular flexibility index (Phi) is 10.1. The number of hydrogen-bond acceptors (Lipinski definition) is 6. The number of ether oxygens (including phenoxy) is 2. The van der Waals surface area contributed by atoms with Crippen LogP contribution < -0.4 is 15.0 Å². The van der Waals surface area contributed by atoms with E-state index in [9.17, 15) is 9.59 Å². The molecule has 0 aliphatic rings. The van der Waals surface area contributed by atoms with Crippen molar-refractivity contribution in [2.24, 2.45) is 0 Å². The monoisotopic (exact) mass is 342 g/mol. The Morgan fingerprint density at radius 1 is 1.22 bits per heavy atom. The highest BCUT2D eigenvalue weighted by Crippen LogP contribution is 2.30. The zero-order valence-electron chi connectivity index (χ0n) is 14.5. The van der Waals surface area contributed by atoms with Crippen LogP contribution in [0.2, 0.25) is 0 Å². The molecule has 0 bridgehead atoms. The number of amides is 1. The van der Waals surface area contributed by atoms with E-state index in [2.05, 4.69) is 23.1 Å². The highest BCUT2D eigenvalue weighted by atomic mass is 32.1. The van der Waals surface area contributed by atoms with Crippen LogP contribution in [0.4, 0.5) is 4.79 Å². The van der Waals surface area contributed by atoms with E-state index in [1.807, 2.05) is 46.8 Å². The Morgan fingerprint density at radius 2 is 1.74 bits per heavy atom. The molecule has 0 aliphatic heterocycles. The number of hydrazine groups is 1. The van der Waals surface area contributed by atoms with Gasteiger partial charge in [0.15, 0.2) is 0 Å². The molecule has 130 valence electrons. The number of carbonyl (C=O) groups excluding carboxylic acids is 2. The minimum Gasteiger partial charge on any atom is -0.440 e.